The third-order valence-corrected chi connectivity index (χ3v) is 5.41. The first-order chi connectivity index (χ1) is 14.5. The highest BCUT2D eigenvalue weighted by atomic mass is 32.2. The molecule has 4 rings (SSSR count). The summed E-state index contributed by atoms with van der Waals surface area (Å²) < 4.78 is 15.0. The molecule has 0 unspecified atom stereocenters. The Hall–Kier alpha value is -3.53. The Kier molecular flexibility index (Phi) is 5.57. The maximum Gasteiger partial charge on any atom is 0.234 e. The SMILES string of the molecule is CN(c1ccccc1)c1nc(N)nc(CSc2nnc(-c3ccc(F)cc3)n2C)n1. The predicted molar refractivity (Wildman–Crippen MR) is 115 cm³/mol. The molecule has 0 atom stereocenters. The molecule has 2 heterocycles. The van der Waals surface area contributed by atoms with Gasteiger partial charge in [0.05, 0.1) is 5.75 Å². The van der Waals surface area contributed by atoms with Crippen molar-refractivity contribution in [2.45, 2.75) is 10.9 Å². The molecule has 0 aliphatic rings. The molecule has 0 aliphatic heterocycles. The number of para-hydroxylation sites is 1. The summed E-state index contributed by atoms with van der Waals surface area (Å²) in [6.45, 7) is 0. The lowest BCUT2D eigenvalue weighted by molar-refractivity contribution is 0.628. The van der Waals surface area contributed by atoms with E-state index in [9.17, 15) is 4.39 Å². The second kappa shape index (κ2) is 8.46. The average molecular weight is 422 g/mol. The molecule has 0 bridgehead atoms. The zero-order valence-electron chi connectivity index (χ0n) is 16.4. The van der Waals surface area contributed by atoms with Gasteiger partial charge in [0.25, 0.3) is 0 Å². The molecule has 2 N–H and O–H groups in total. The number of halogens is 1. The first-order valence-electron chi connectivity index (χ1n) is 9.08. The number of aromatic nitrogens is 6. The van der Waals surface area contributed by atoms with Crippen LogP contribution < -0.4 is 10.6 Å². The van der Waals surface area contributed by atoms with E-state index >= 15 is 0 Å². The van der Waals surface area contributed by atoms with Gasteiger partial charge in [0.2, 0.25) is 11.9 Å². The van der Waals surface area contributed by atoms with Gasteiger partial charge in [0, 0.05) is 25.3 Å². The molecule has 0 amide bonds. The number of hydrogen-bond acceptors (Lipinski definition) is 8. The highest BCUT2D eigenvalue weighted by Crippen LogP contribution is 2.26. The van der Waals surface area contributed by atoms with Crippen LogP contribution in [0.15, 0.2) is 59.8 Å². The molecule has 10 heteroatoms. The fourth-order valence-corrected chi connectivity index (χ4v) is 3.59. The zero-order chi connectivity index (χ0) is 21.1. The molecule has 152 valence electrons. The highest BCUT2D eigenvalue weighted by Gasteiger charge is 2.14. The Balaban J connectivity index is 1.52. The lowest BCUT2D eigenvalue weighted by Crippen LogP contribution is -2.16. The Labute approximate surface area is 177 Å². The number of benzene rings is 2. The number of rotatable bonds is 6. The first-order valence-corrected chi connectivity index (χ1v) is 10.1. The molecule has 0 saturated heterocycles. The van der Waals surface area contributed by atoms with E-state index in [1.165, 1.54) is 23.9 Å². The van der Waals surface area contributed by atoms with Gasteiger partial charge >= 0.3 is 0 Å². The van der Waals surface area contributed by atoms with Gasteiger partial charge in [-0.15, -0.1) is 10.2 Å². The van der Waals surface area contributed by atoms with Crippen LogP contribution in [-0.4, -0.2) is 36.8 Å². The summed E-state index contributed by atoms with van der Waals surface area (Å²) in [7, 11) is 3.73. The molecule has 0 spiro atoms. The summed E-state index contributed by atoms with van der Waals surface area (Å²) in [5.74, 6) is 1.96. The van der Waals surface area contributed by atoms with Crippen molar-refractivity contribution >= 4 is 29.3 Å². The maximum atomic E-state index is 13.2. The summed E-state index contributed by atoms with van der Waals surface area (Å²) in [4.78, 5) is 14.9. The normalized spacial score (nSPS) is 10.9. The summed E-state index contributed by atoms with van der Waals surface area (Å²) in [6, 6.07) is 15.9. The third kappa shape index (κ3) is 4.23. The maximum absolute atomic E-state index is 13.2. The van der Waals surface area contributed by atoms with Gasteiger partial charge in [0.1, 0.15) is 11.6 Å². The Morgan fingerprint density at radius 3 is 2.47 bits per heavy atom. The molecule has 8 nitrogen and oxygen atoms in total. The molecular weight excluding hydrogens is 403 g/mol. The van der Waals surface area contributed by atoms with Crippen molar-refractivity contribution in [1.29, 1.82) is 0 Å². The molecular formula is C20H19FN8S. The minimum atomic E-state index is -0.292. The van der Waals surface area contributed by atoms with E-state index in [1.807, 2.05) is 53.9 Å². The van der Waals surface area contributed by atoms with Crippen LogP contribution in [0, 0.1) is 5.82 Å². The van der Waals surface area contributed by atoms with Gasteiger partial charge in [-0.05, 0) is 36.4 Å². The van der Waals surface area contributed by atoms with Crippen LogP contribution in [0.4, 0.5) is 22.0 Å². The minimum absolute atomic E-state index is 0.156. The van der Waals surface area contributed by atoms with E-state index in [0.717, 1.165) is 11.3 Å². The van der Waals surface area contributed by atoms with Crippen LogP contribution >= 0.6 is 11.8 Å². The summed E-state index contributed by atoms with van der Waals surface area (Å²) >= 11 is 1.43. The summed E-state index contributed by atoms with van der Waals surface area (Å²) in [6.07, 6.45) is 0. The van der Waals surface area contributed by atoms with Crippen molar-refractivity contribution in [3.05, 3.63) is 66.2 Å². The molecule has 2 aromatic carbocycles. The van der Waals surface area contributed by atoms with Crippen LogP contribution in [0.3, 0.4) is 0 Å². The van der Waals surface area contributed by atoms with Gasteiger partial charge in [-0.2, -0.15) is 15.0 Å². The van der Waals surface area contributed by atoms with Crippen molar-refractivity contribution in [3.8, 4) is 11.4 Å². The summed E-state index contributed by atoms with van der Waals surface area (Å²) in [5.41, 5.74) is 7.63. The summed E-state index contributed by atoms with van der Waals surface area (Å²) in [5, 5.41) is 9.13. The highest BCUT2D eigenvalue weighted by molar-refractivity contribution is 7.98. The van der Waals surface area contributed by atoms with E-state index in [4.69, 9.17) is 5.73 Å². The van der Waals surface area contributed by atoms with E-state index in [0.29, 0.717) is 28.5 Å². The van der Waals surface area contributed by atoms with E-state index in [-0.39, 0.29) is 11.8 Å². The topological polar surface area (TPSA) is 98.6 Å². The Bertz CT molecular complexity index is 1150. The number of nitrogens with two attached hydrogens (primary N) is 1. The number of anilines is 3. The number of thioether (sulfide) groups is 1. The van der Waals surface area contributed by atoms with Crippen LogP contribution in [-0.2, 0) is 12.8 Å². The van der Waals surface area contributed by atoms with Crippen molar-refractivity contribution in [1.82, 2.24) is 29.7 Å². The predicted octanol–water partition coefficient (Wildman–Crippen LogP) is 3.45. The molecule has 4 aromatic rings. The molecule has 30 heavy (non-hydrogen) atoms. The van der Waals surface area contributed by atoms with Gasteiger partial charge in [-0.3, -0.25) is 0 Å². The van der Waals surface area contributed by atoms with Gasteiger partial charge in [-0.1, -0.05) is 30.0 Å². The quantitative estimate of drug-likeness (QED) is 0.472. The monoisotopic (exact) mass is 422 g/mol. The van der Waals surface area contributed by atoms with Crippen LogP contribution in [0.5, 0.6) is 0 Å². The standard InChI is InChI=1S/C20H19FN8S/c1-28(15-6-4-3-5-7-15)19-24-16(23-18(22)25-19)12-30-20-27-26-17(29(20)2)13-8-10-14(21)11-9-13/h3-11H,12H2,1-2H3,(H2,22,23,24,25). The molecule has 0 fully saturated rings. The average Bonchev–Trinajstić information content (AvgIpc) is 3.13. The van der Waals surface area contributed by atoms with E-state index in [2.05, 4.69) is 25.1 Å². The second-order valence-electron chi connectivity index (χ2n) is 6.47. The Morgan fingerprint density at radius 1 is 1.00 bits per heavy atom. The third-order valence-electron chi connectivity index (χ3n) is 4.40. The number of hydrogen-bond donors (Lipinski definition) is 1. The largest absolute Gasteiger partial charge is 0.368 e. The molecule has 0 saturated carbocycles. The number of nitrogen functional groups attached to an aromatic ring is 1. The second-order valence-corrected chi connectivity index (χ2v) is 7.41. The molecule has 0 radical (unpaired) electrons. The van der Waals surface area contributed by atoms with Crippen LogP contribution in [0.2, 0.25) is 0 Å². The fourth-order valence-electron chi connectivity index (χ4n) is 2.83. The minimum Gasteiger partial charge on any atom is -0.368 e. The van der Waals surface area contributed by atoms with Crippen molar-refractivity contribution in [2.75, 3.05) is 17.7 Å². The number of nitrogens with zero attached hydrogens (tertiary/aromatic N) is 7. The van der Waals surface area contributed by atoms with Gasteiger partial charge < -0.3 is 15.2 Å². The van der Waals surface area contributed by atoms with Gasteiger partial charge in [0.15, 0.2) is 11.0 Å². The molecule has 2 aromatic heterocycles. The first kappa shape index (κ1) is 19.8. The lowest BCUT2D eigenvalue weighted by Gasteiger charge is -2.17. The molecule has 0 aliphatic carbocycles. The van der Waals surface area contributed by atoms with E-state index < -0.39 is 0 Å². The van der Waals surface area contributed by atoms with Crippen molar-refractivity contribution < 1.29 is 4.39 Å². The van der Waals surface area contributed by atoms with Crippen LogP contribution in [0.25, 0.3) is 11.4 Å². The van der Waals surface area contributed by atoms with Crippen LogP contribution in [0.1, 0.15) is 5.82 Å². The Morgan fingerprint density at radius 2 is 1.73 bits per heavy atom. The van der Waals surface area contributed by atoms with Crippen molar-refractivity contribution in [3.63, 3.8) is 0 Å². The fraction of sp³-hybridized carbons (Fsp3) is 0.150. The smallest absolute Gasteiger partial charge is 0.234 e. The van der Waals surface area contributed by atoms with E-state index in [1.54, 1.807) is 12.1 Å². The van der Waals surface area contributed by atoms with Crippen molar-refractivity contribution in [2.24, 2.45) is 7.05 Å². The van der Waals surface area contributed by atoms with Gasteiger partial charge in [-0.25, -0.2) is 4.39 Å². The zero-order valence-corrected chi connectivity index (χ0v) is 17.2. The lowest BCUT2D eigenvalue weighted by atomic mass is 10.2.